The molecule has 0 saturated carbocycles. The molecule has 1 amide bonds. The summed E-state index contributed by atoms with van der Waals surface area (Å²) in [5.41, 5.74) is 0.420. The first-order valence-electron chi connectivity index (χ1n) is 7.88. The number of hydrogen-bond donors (Lipinski definition) is 0. The summed E-state index contributed by atoms with van der Waals surface area (Å²) < 4.78 is 28.1. The van der Waals surface area contributed by atoms with Gasteiger partial charge in [-0.05, 0) is 31.0 Å². The molecule has 9 heteroatoms. The van der Waals surface area contributed by atoms with Gasteiger partial charge in [-0.15, -0.1) is 0 Å². The molecular formula is C15H19Cl2N3O3S. The van der Waals surface area contributed by atoms with Crippen LogP contribution in [-0.4, -0.2) is 67.1 Å². The van der Waals surface area contributed by atoms with Gasteiger partial charge in [0.25, 0.3) is 16.1 Å². The zero-order valence-electron chi connectivity index (χ0n) is 13.1. The molecule has 2 aliphatic rings. The molecule has 132 valence electrons. The van der Waals surface area contributed by atoms with E-state index in [-0.39, 0.29) is 5.91 Å². The molecule has 1 aromatic rings. The van der Waals surface area contributed by atoms with E-state index in [1.165, 1.54) is 8.61 Å². The van der Waals surface area contributed by atoms with Crippen molar-refractivity contribution in [2.24, 2.45) is 0 Å². The lowest BCUT2D eigenvalue weighted by atomic mass is 10.2. The third kappa shape index (κ3) is 3.70. The first-order chi connectivity index (χ1) is 11.4. The van der Waals surface area contributed by atoms with E-state index in [0.29, 0.717) is 54.9 Å². The van der Waals surface area contributed by atoms with E-state index in [0.717, 1.165) is 12.8 Å². The third-order valence-electron chi connectivity index (χ3n) is 4.35. The van der Waals surface area contributed by atoms with Crippen LogP contribution in [0.25, 0.3) is 0 Å². The lowest BCUT2D eigenvalue weighted by Crippen LogP contribution is -2.53. The topological polar surface area (TPSA) is 60.9 Å². The van der Waals surface area contributed by atoms with E-state index in [9.17, 15) is 13.2 Å². The largest absolute Gasteiger partial charge is 0.336 e. The maximum absolute atomic E-state index is 12.5. The van der Waals surface area contributed by atoms with Crippen molar-refractivity contribution in [3.8, 4) is 0 Å². The number of carbonyl (C=O) groups is 1. The van der Waals surface area contributed by atoms with Crippen LogP contribution >= 0.6 is 23.2 Å². The Morgan fingerprint density at radius 2 is 1.33 bits per heavy atom. The molecule has 2 heterocycles. The second kappa shape index (κ2) is 7.17. The summed E-state index contributed by atoms with van der Waals surface area (Å²) in [5.74, 6) is -0.183. The predicted octanol–water partition coefficient (Wildman–Crippen LogP) is 2.09. The van der Waals surface area contributed by atoms with Gasteiger partial charge in [0.05, 0.1) is 0 Å². The molecule has 0 bridgehead atoms. The minimum atomic E-state index is -3.40. The van der Waals surface area contributed by atoms with Gasteiger partial charge >= 0.3 is 0 Å². The fraction of sp³-hybridized carbons (Fsp3) is 0.533. The van der Waals surface area contributed by atoms with Crippen LogP contribution in [0.2, 0.25) is 10.0 Å². The van der Waals surface area contributed by atoms with Crippen LogP contribution in [0.15, 0.2) is 18.2 Å². The fourth-order valence-corrected chi connectivity index (χ4v) is 5.26. The maximum atomic E-state index is 12.5. The molecule has 0 aliphatic carbocycles. The van der Waals surface area contributed by atoms with Crippen molar-refractivity contribution >= 4 is 39.3 Å². The molecule has 0 radical (unpaired) electrons. The summed E-state index contributed by atoms with van der Waals surface area (Å²) in [6, 6.07) is 4.71. The second-order valence-electron chi connectivity index (χ2n) is 5.96. The average molecular weight is 392 g/mol. The maximum Gasteiger partial charge on any atom is 0.282 e. The van der Waals surface area contributed by atoms with Gasteiger partial charge in [0.2, 0.25) is 0 Å². The highest BCUT2D eigenvalue weighted by Gasteiger charge is 2.34. The van der Waals surface area contributed by atoms with Crippen LogP contribution in [0.1, 0.15) is 23.2 Å². The van der Waals surface area contributed by atoms with Crippen LogP contribution in [0.5, 0.6) is 0 Å². The van der Waals surface area contributed by atoms with Crippen LogP contribution < -0.4 is 0 Å². The molecule has 0 spiro atoms. The van der Waals surface area contributed by atoms with E-state index in [2.05, 4.69) is 0 Å². The highest BCUT2D eigenvalue weighted by atomic mass is 35.5. The van der Waals surface area contributed by atoms with Gasteiger partial charge < -0.3 is 4.90 Å². The molecule has 0 unspecified atom stereocenters. The van der Waals surface area contributed by atoms with Gasteiger partial charge in [-0.2, -0.15) is 17.0 Å². The zero-order chi connectivity index (χ0) is 17.3. The number of carbonyl (C=O) groups excluding carboxylic acids is 1. The van der Waals surface area contributed by atoms with Crippen molar-refractivity contribution in [3.63, 3.8) is 0 Å². The zero-order valence-corrected chi connectivity index (χ0v) is 15.4. The van der Waals surface area contributed by atoms with Crippen LogP contribution in [0.4, 0.5) is 0 Å². The van der Waals surface area contributed by atoms with Crippen LogP contribution in [0, 0.1) is 0 Å². The van der Waals surface area contributed by atoms with Gasteiger partial charge in [-0.25, -0.2) is 0 Å². The van der Waals surface area contributed by atoms with Crippen molar-refractivity contribution < 1.29 is 13.2 Å². The molecule has 24 heavy (non-hydrogen) atoms. The van der Waals surface area contributed by atoms with Crippen molar-refractivity contribution in [1.29, 1.82) is 0 Å². The monoisotopic (exact) mass is 391 g/mol. The third-order valence-corrected chi connectivity index (χ3v) is 6.82. The molecule has 2 fully saturated rings. The summed E-state index contributed by atoms with van der Waals surface area (Å²) in [6.07, 6.45) is 1.82. The SMILES string of the molecule is O=C(c1cc(Cl)cc(Cl)c1)N1CCN(S(=O)(=O)N2CCCC2)CC1. The molecule has 3 rings (SSSR count). The minimum Gasteiger partial charge on any atom is -0.336 e. The Bertz CT molecular complexity index is 707. The second-order valence-corrected chi connectivity index (χ2v) is 8.76. The molecule has 2 saturated heterocycles. The number of rotatable bonds is 3. The number of nitrogens with zero attached hydrogens (tertiary/aromatic N) is 3. The number of halogens is 2. The standard InChI is InChI=1S/C15H19Cl2N3O3S/c16-13-9-12(10-14(17)11-13)15(21)18-5-7-20(8-6-18)24(22,23)19-3-1-2-4-19/h9-11H,1-8H2. The lowest BCUT2D eigenvalue weighted by Gasteiger charge is -2.35. The molecule has 2 aliphatic heterocycles. The van der Waals surface area contributed by atoms with E-state index in [1.807, 2.05) is 0 Å². The van der Waals surface area contributed by atoms with Gasteiger partial charge in [0, 0.05) is 54.9 Å². The number of benzene rings is 1. The number of amides is 1. The minimum absolute atomic E-state index is 0.183. The molecular weight excluding hydrogens is 373 g/mol. The quantitative estimate of drug-likeness (QED) is 0.792. The van der Waals surface area contributed by atoms with E-state index in [1.54, 1.807) is 23.1 Å². The van der Waals surface area contributed by atoms with Gasteiger partial charge in [-0.3, -0.25) is 4.79 Å². The van der Waals surface area contributed by atoms with Crippen LogP contribution in [-0.2, 0) is 10.2 Å². The van der Waals surface area contributed by atoms with Gasteiger partial charge in [0.15, 0.2) is 0 Å². The Hall–Kier alpha value is -0.860. The Morgan fingerprint density at radius 3 is 1.88 bits per heavy atom. The first-order valence-corrected chi connectivity index (χ1v) is 10.0. The highest BCUT2D eigenvalue weighted by molar-refractivity contribution is 7.86. The van der Waals surface area contributed by atoms with E-state index < -0.39 is 10.2 Å². The van der Waals surface area contributed by atoms with Crippen LogP contribution in [0.3, 0.4) is 0 Å². The Kier molecular flexibility index (Phi) is 5.36. The highest BCUT2D eigenvalue weighted by Crippen LogP contribution is 2.22. The van der Waals surface area contributed by atoms with Crippen molar-refractivity contribution in [2.45, 2.75) is 12.8 Å². The van der Waals surface area contributed by atoms with Crippen molar-refractivity contribution in [1.82, 2.24) is 13.5 Å². The number of piperazine rings is 1. The first kappa shape index (κ1) is 17.9. The van der Waals surface area contributed by atoms with Crippen molar-refractivity contribution in [3.05, 3.63) is 33.8 Å². The number of hydrogen-bond acceptors (Lipinski definition) is 3. The Balaban J connectivity index is 1.65. The smallest absolute Gasteiger partial charge is 0.282 e. The average Bonchev–Trinajstić information content (AvgIpc) is 3.08. The summed E-state index contributed by atoms with van der Waals surface area (Å²) >= 11 is 11.9. The van der Waals surface area contributed by atoms with E-state index >= 15 is 0 Å². The summed E-state index contributed by atoms with van der Waals surface area (Å²) in [4.78, 5) is 14.2. The Labute approximate surface area is 152 Å². The van der Waals surface area contributed by atoms with Gasteiger partial charge in [-0.1, -0.05) is 23.2 Å². The van der Waals surface area contributed by atoms with Gasteiger partial charge in [0.1, 0.15) is 0 Å². The predicted molar refractivity (Wildman–Crippen MR) is 93.7 cm³/mol. The molecule has 0 atom stereocenters. The van der Waals surface area contributed by atoms with Crippen molar-refractivity contribution in [2.75, 3.05) is 39.3 Å². The molecule has 0 N–H and O–H groups in total. The summed E-state index contributed by atoms with van der Waals surface area (Å²) in [7, 11) is -3.40. The summed E-state index contributed by atoms with van der Waals surface area (Å²) in [6.45, 7) is 2.49. The molecule has 0 aromatic heterocycles. The summed E-state index contributed by atoms with van der Waals surface area (Å²) in [5, 5.41) is 0.808. The fourth-order valence-electron chi connectivity index (χ4n) is 3.06. The lowest BCUT2D eigenvalue weighted by molar-refractivity contribution is 0.0694. The molecule has 1 aromatic carbocycles. The Morgan fingerprint density at radius 1 is 0.833 bits per heavy atom. The molecule has 6 nitrogen and oxygen atoms in total. The normalized spacial score (nSPS) is 20.5. The van der Waals surface area contributed by atoms with E-state index in [4.69, 9.17) is 23.2 Å².